The summed E-state index contributed by atoms with van der Waals surface area (Å²) in [5.41, 5.74) is -0.0111. The molecule has 0 aliphatic carbocycles. The van der Waals surface area contributed by atoms with E-state index in [2.05, 4.69) is 46.6 Å². The van der Waals surface area contributed by atoms with Crippen LogP contribution in [0.5, 0.6) is 0 Å². The molecule has 1 aliphatic rings. The Balaban J connectivity index is 0.00000324. The second-order valence-corrected chi connectivity index (χ2v) is 6.88. The van der Waals surface area contributed by atoms with Gasteiger partial charge < -0.3 is 18.7 Å². The summed E-state index contributed by atoms with van der Waals surface area (Å²) in [7, 11) is 8.97. The van der Waals surface area contributed by atoms with Gasteiger partial charge in [0.2, 0.25) is 0 Å². The van der Waals surface area contributed by atoms with Gasteiger partial charge in [-0.1, -0.05) is 38.9 Å². The molecular formula is C16H30BNY-2. The van der Waals surface area contributed by atoms with E-state index in [1.165, 1.54) is 12.8 Å². The monoisotopic (exact) mass is 336 g/mol. The molecule has 0 aromatic carbocycles. The maximum absolute atomic E-state index is 6.76. The van der Waals surface area contributed by atoms with Gasteiger partial charge in [-0.25, -0.2) is 0 Å². The molecule has 4 unspecified atom stereocenters. The van der Waals surface area contributed by atoms with Crippen molar-refractivity contribution in [3.8, 4) is 0 Å². The van der Waals surface area contributed by atoms with Crippen molar-refractivity contribution < 1.29 is 32.7 Å². The fourth-order valence-corrected chi connectivity index (χ4v) is 3.89. The van der Waals surface area contributed by atoms with E-state index in [1.807, 2.05) is 0 Å². The van der Waals surface area contributed by atoms with Gasteiger partial charge in [-0.15, -0.1) is 0 Å². The van der Waals surface area contributed by atoms with Crippen LogP contribution >= 0.6 is 0 Å². The first-order valence-corrected chi connectivity index (χ1v) is 7.37. The van der Waals surface area contributed by atoms with Gasteiger partial charge in [0, 0.05) is 32.7 Å². The van der Waals surface area contributed by atoms with Crippen LogP contribution in [0.2, 0.25) is 5.31 Å². The van der Waals surface area contributed by atoms with Gasteiger partial charge in [0.15, 0.2) is 0 Å². The summed E-state index contributed by atoms with van der Waals surface area (Å²) < 4.78 is 0. The summed E-state index contributed by atoms with van der Waals surface area (Å²) in [5, 5.41) is -0.185. The smallest absolute Gasteiger partial charge is 0.0766 e. The quantitative estimate of drug-likeness (QED) is 0.558. The zero-order chi connectivity index (χ0) is 14.0. The Bertz CT molecular complexity index is 267. The summed E-state index contributed by atoms with van der Waals surface area (Å²) in [5.74, 6) is 1.12. The molecule has 0 aromatic heterocycles. The van der Waals surface area contributed by atoms with E-state index in [4.69, 9.17) is 7.85 Å². The van der Waals surface area contributed by atoms with Gasteiger partial charge in [-0.05, 0) is 37.9 Å². The van der Waals surface area contributed by atoms with E-state index >= 15 is 0 Å². The first-order valence-electron chi connectivity index (χ1n) is 7.37. The van der Waals surface area contributed by atoms with E-state index < -0.39 is 0 Å². The summed E-state index contributed by atoms with van der Waals surface area (Å²) >= 11 is 0. The van der Waals surface area contributed by atoms with Crippen LogP contribution in [0.1, 0.15) is 52.9 Å². The van der Waals surface area contributed by atoms with E-state index in [0.29, 0.717) is 11.8 Å². The molecule has 0 spiro atoms. The second-order valence-electron chi connectivity index (χ2n) is 6.88. The summed E-state index contributed by atoms with van der Waals surface area (Å²) in [6.07, 6.45) is 5.53. The molecule has 3 radical (unpaired) electrons. The van der Waals surface area contributed by atoms with Gasteiger partial charge >= 0.3 is 0 Å². The number of likely N-dealkylation sites (tertiary alicyclic amines) is 1. The van der Waals surface area contributed by atoms with Crippen LogP contribution in [-0.4, -0.2) is 31.9 Å². The largest absolute Gasteiger partial charge is 0.342 e. The third-order valence-electron chi connectivity index (χ3n) is 4.86. The molecule has 1 heterocycles. The molecule has 1 aliphatic heterocycles. The van der Waals surface area contributed by atoms with E-state index in [0.717, 1.165) is 25.8 Å². The maximum atomic E-state index is 6.76. The summed E-state index contributed by atoms with van der Waals surface area (Å²) in [4.78, 5) is 2.47. The Labute approximate surface area is 148 Å². The van der Waals surface area contributed by atoms with Crippen LogP contribution in [-0.2, 0) is 32.7 Å². The van der Waals surface area contributed by atoms with Crippen molar-refractivity contribution in [2.45, 2.75) is 63.7 Å². The molecule has 19 heavy (non-hydrogen) atoms. The van der Waals surface area contributed by atoms with Crippen molar-refractivity contribution in [1.29, 1.82) is 0 Å². The van der Waals surface area contributed by atoms with Crippen LogP contribution in [0.3, 0.4) is 0 Å². The predicted molar refractivity (Wildman–Crippen MR) is 81.6 cm³/mol. The van der Waals surface area contributed by atoms with Crippen LogP contribution in [0.4, 0.5) is 0 Å². The molecule has 0 amide bonds. The minimum Gasteiger partial charge on any atom is -0.342 e. The van der Waals surface area contributed by atoms with E-state index in [1.54, 1.807) is 0 Å². The predicted octanol–water partition coefficient (Wildman–Crippen LogP) is 3.91. The van der Waals surface area contributed by atoms with Crippen LogP contribution in [0.25, 0.3) is 0 Å². The molecule has 4 atom stereocenters. The van der Waals surface area contributed by atoms with Gasteiger partial charge in [0.05, 0.1) is 7.85 Å². The Morgan fingerprint density at radius 2 is 2.05 bits per heavy atom. The normalized spacial score (nSPS) is 38.9. The number of hydrogen-bond donors (Lipinski definition) is 0. The fraction of sp³-hybridized carbons (Fsp3) is 0.875. The van der Waals surface area contributed by atoms with Gasteiger partial charge in [-0.3, -0.25) is 0 Å². The minimum absolute atomic E-state index is 0. The molecule has 1 rings (SSSR count). The Hall–Kier alpha value is 1.13. The molecule has 3 heteroatoms. The molecule has 1 fully saturated rings. The molecular weight excluding hydrogens is 306 g/mol. The van der Waals surface area contributed by atoms with Crippen molar-refractivity contribution in [1.82, 2.24) is 4.90 Å². The van der Waals surface area contributed by atoms with Crippen LogP contribution < -0.4 is 0 Å². The van der Waals surface area contributed by atoms with Crippen LogP contribution in [0.15, 0.2) is 0 Å². The Kier molecular flexibility index (Phi) is 8.42. The zero-order valence-electron chi connectivity index (χ0n) is 13.4. The maximum Gasteiger partial charge on any atom is 0.0766 e. The Morgan fingerprint density at radius 3 is 2.53 bits per heavy atom. The van der Waals surface area contributed by atoms with E-state index in [9.17, 15) is 0 Å². The number of rotatable bonds is 3. The fourth-order valence-electron chi connectivity index (χ4n) is 3.89. The topological polar surface area (TPSA) is 3.24 Å². The van der Waals surface area contributed by atoms with Gasteiger partial charge in [0.25, 0.3) is 0 Å². The summed E-state index contributed by atoms with van der Waals surface area (Å²) in [6.45, 7) is 16.3. The SMILES string of the molecule is [B]C1(C)CC(C)CCCN(C)C1(C[CH2-])CC([CH2-])C.[Y]. The summed E-state index contributed by atoms with van der Waals surface area (Å²) in [6, 6.07) is 0. The molecule has 0 saturated carbocycles. The third kappa shape index (κ3) is 4.55. The second kappa shape index (κ2) is 7.95. The number of nitrogens with zero attached hydrogens (tertiary/aromatic N) is 1. The van der Waals surface area contributed by atoms with Crippen LogP contribution in [0, 0.1) is 25.7 Å². The molecule has 1 nitrogen and oxygen atoms in total. The molecule has 1 saturated heterocycles. The average Bonchev–Trinajstić information content (AvgIpc) is 2.22. The van der Waals surface area contributed by atoms with Crippen molar-refractivity contribution in [3.05, 3.63) is 13.8 Å². The standard InChI is InChI=1S/C16H30BN.Y/c1-7-16(11-13(2)3)15(5,17)12-14(4)9-8-10-18(16)6;/h13-14H,1-2,7-12H2,3-6H3;/q-2;. The molecule has 0 aromatic rings. The first kappa shape index (κ1) is 20.1. The van der Waals surface area contributed by atoms with Crippen molar-refractivity contribution >= 4 is 7.85 Å². The van der Waals surface area contributed by atoms with Gasteiger partial charge in [0.1, 0.15) is 0 Å². The first-order chi connectivity index (χ1) is 8.25. The van der Waals surface area contributed by atoms with Crippen molar-refractivity contribution in [2.75, 3.05) is 13.6 Å². The Morgan fingerprint density at radius 1 is 1.47 bits per heavy atom. The molecule has 0 N–H and O–H groups in total. The van der Waals surface area contributed by atoms with E-state index in [-0.39, 0.29) is 43.6 Å². The van der Waals surface area contributed by atoms with Gasteiger partial charge in [-0.2, -0.15) is 12.3 Å². The number of hydrogen-bond acceptors (Lipinski definition) is 1. The molecule has 0 bridgehead atoms. The van der Waals surface area contributed by atoms with Crippen molar-refractivity contribution in [3.63, 3.8) is 0 Å². The van der Waals surface area contributed by atoms with Crippen molar-refractivity contribution in [2.24, 2.45) is 11.8 Å². The third-order valence-corrected chi connectivity index (χ3v) is 4.86. The zero-order valence-corrected chi connectivity index (χ0v) is 16.3. The minimum atomic E-state index is -0.185. The average molecular weight is 336 g/mol. The molecule has 107 valence electrons.